The Kier molecular flexibility index (Phi) is 7.75. The van der Waals surface area contributed by atoms with Crippen LogP contribution in [0.25, 0.3) is 0 Å². The molecule has 0 heterocycles. The number of carbonyl (C=O) groups is 2. The summed E-state index contributed by atoms with van der Waals surface area (Å²) in [5, 5.41) is 6.57. The predicted molar refractivity (Wildman–Crippen MR) is 104 cm³/mol. The first-order valence-corrected chi connectivity index (χ1v) is 8.95. The molecule has 0 spiro atoms. The lowest BCUT2D eigenvalue weighted by Gasteiger charge is -2.15. The van der Waals surface area contributed by atoms with Crippen molar-refractivity contribution in [2.75, 3.05) is 11.9 Å². The van der Waals surface area contributed by atoms with Gasteiger partial charge in [0.05, 0.1) is 5.02 Å². The van der Waals surface area contributed by atoms with Gasteiger partial charge in [-0.15, -0.1) is 0 Å². The molecule has 2 aromatic carbocycles. The second-order valence-corrected chi connectivity index (χ2v) is 6.48. The smallest absolute Gasteiger partial charge is 0.260 e. The minimum Gasteiger partial charge on any atom is -0.479 e. The highest BCUT2D eigenvalue weighted by Gasteiger charge is 2.15. The summed E-state index contributed by atoms with van der Waals surface area (Å²) in [7, 11) is 0. The Hall–Kier alpha value is -2.24. The fourth-order valence-corrected chi connectivity index (χ4v) is 2.45. The van der Waals surface area contributed by atoms with Crippen LogP contribution >= 0.6 is 23.2 Å². The van der Waals surface area contributed by atoms with Gasteiger partial charge >= 0.3 is 0 Å². The van der Waals surface area contributed by atoms with Gasteiger partial charge in [0.15, 0.2) is 6.10 Å². The van der Waals surface area contributed by atoms with Gasteiger partial charge in [0.1, 0.15) is 5.75 Å². The van der Waals surface area contributed by atoms with Crippen molar-refractivity contribution in [3.63, 3.8) is 0 Å². The Labute approximate surface area is 162 Å². The molecule has 7 heteroatoms. The summed E-state index contributed by atoms with van der Waals surface area (Å²) in [6.45, 7) is 2.02. The van der Waals surface area contributed by atoms with Crippen LogP contribution in [-0.2, 0) is 9.59 Å². The number of halogens is 2. The summed E-state index contributed by atoms with van der Waals surface area (Å²) in [5.41, 5.74) is 0.685. The van der Waals surface area contributed by atoms with E-state index in [1.165, 1.54) is 0 Å². The first-order valence-electron chi connectivity index (χ1n) is 8.20. The maximum Gasteiger partial charge on any atom is 0.260 e. The summed E-state index contributed by atoms with van der Waals surface area (Å²) in [5.74, 6) is 0.0733. The number of hydrogen-bond acceptors (Lipinski definition) is 3. The summed E-state index contributed by atoms with van der Waals surface area (Å²) >= 11 is 11.8. The molecule has 0 radical (unpaired) electrons. The summed E-state index contributed by atoms with van der Waals surface area (Å²) in [6, 6.07) is 13.8. The van der Waals surface area contributed by atoms with E-state index in [-0.39, 0.29) is 11.8 Å². The zero-order valence-corrected chi connectivity index (χ0v) is 15.8. The zero-order chi connectivity index (χ0) is 18.9. The number of amides is 2. The van der Waals surface area contributed by atoms with E-state index in [2.05, 4.69) is 10.6 Å². The molecule has 26 heavy (non-hydrogen) atoms. The first-order chi connectivity index (χ1) is 12.5. The quantitative estimate of drug-likeness (QED) is 0.655. The third-order valence-corrected chi connectivity index (χ3v) is 4.08. The third-order valence-electron chi connectivity index (χ3n) is 3.52. The van der Waals surface area contributed by atoms with Crippen molar-refractivity contribution in [2.45, 2.75) is 25.9 Å². The molecular weight excluding hydrogens is 375 g/mol. The van der Waals surface area contributed by atoms with Crippen LogP contribution in [0.1, 0.15) is 19.8 Å². The minimum atomic E-state index is -0.683. The standard InChI is InChI=1S/C19H20Cl2N2O3/c1-13(26-17-6-3-2-5-16(17)21)19(25)22-12-4-7-18(24)23-15-10-8-14(20)9-11-15/h2-3,5-6,8-11,13H,4,7,12H2,1H3,(H,22,25)(H,23,24). The van der Waals surface area contributed by atoms with Crippen molar-refractivity contribution in [3.8, 4) is 5.75 Å². The molecule has 0 saturated carbocycles. The van der Waals surface area contributed by atoms with Gasteiger partial charge in [0, 0.05) is 23.7 Å². The molecule has 2 aromatic rings. The van der Waals surface area contributed by atoms with E-state index in [9.17, 15) is 9.59 Å². The summed E-state index contributed by atoms with van der Waals surface area (Å²) < 4.78 is 5.54. The van der Waals surface area contributed by atoms with Crippen LogP contribution < -0.4 is 15.4 Å². The van der Waals surface area contributed by atoms with Crippen LogP contribution in [0, 0.1) is 0 Å². The molecule has 1 atom stereocenters. The van der Waals surface area contributed by atoms with Crippen molar-refractivity contribution in [1.29, 1.82) is 0 Å². The summed E-state index contributed by atoms with van der Waals surface area (Å²) in [6.07, 6.45) is 0.130. The van der Waals surface area contributed by atoms with E-state index in [1.54, 1.807) is 55.5 Å². The van der Waals surface area contributed by atoms with Crippen molar-refractivity contribution >= 4 is 40.7 Å². The number of rotatable bonds is 8. The number of nitrogens with one attached hydrogen (secondary N) is 2. The Morgan fingerprint density at radius 2 is 1.77 bits per heavy atom. The average Bonchev–Trinajstić information content (AvgIpc) is 2.62. The number of benzene rings is 2. The molecular formula is C19H20Cl2N2O3. The van der Waals surface area contributed by atoms with E-state index in [1.807, 2.05) is 0 Å². The molecule has 138 valence electrons. The number of para-hydroxylation sites is 1. The van der Waals surface area contributed by atoms with Gasteiger partial charge in [0.2, 0.25) is 5.91 Å². The predicted octanol–water partition coefficient (Wildman–Crippen LogP) is 4.30. The number of hydrogen-bond donors (Lipinski definition) is 2. The number of carbonyl (C=O) groups excluding carboxylic acids is 2. The largest absolute Gasteiger partial charge is 0.479 e. The van der Waals surface area contributed by atoms with Crippen molar-refractivity contribution in [3.05, 3.63) is 58.6 Å². The third kappa shape index (κ3) is 6.58. The lowest BCUT2D eigenvalue weighted by atomic mass is 10.2. The number of ether oxygens (including phenoxy) is 1. The van der Waals surface area contributed by atoms with E-state index in [0.717, 1.165) is 0 Å². The second kappa shape index (κ2) is 10.0. The molecule has 0 aliphatic heterocycles. The van der Waals surface area contributed by atoms with Gasteiger partial charge in [-0.25, -0.2) is 0 Å². The van der Waals surface area contributed by atoms with Crippen molar-refractivity contribution in [2.24, 2.45) is 0 Å². The van der Waals surface area contributed by atoms with Crippen LogP contribution in [0.15, 0.2) is 48.5 Å². The van der Waals surface area contributed by atoms with E-state index in [4.69, 9.17) is 27.9 Å². The highest BCUT2D eigenvalue weighted by atomic mass is 35.5. The minimum absolute atomic E-state index is 0.123. The maximum absolute atomic E-state index is 12.0. The average molecular weight is 395 g/mol. The Morgan fingerprint density at radius 1 is 1.08 bits per heavy atom. The molecule has 2 amide bonds. The fourth-order valence-electron chi connectivity index (χ4n) is 2.15. The normalized spacial score (nSPS) is 11.5. The monoisotopic (exact) mass is 394 g/mol. The van der Waals surface area contributed by atoms with Crippen LogP contribution in [0.5, 0.6) is 5.75 Å². The molecule has 0 bridgehead atoms. The molecule has 0 aliphatic carbocycles. The van der Waals surface area contributed by atoms with Crippen molar-refractivity contribution < 1.29 is 14.3 Å². The molecule has 0 aliphatic rings. The lowest BCUT2D eigenvalue weighted by molar-refractivity contribution is -0.127. The van der Waals surface area contributed by atoms with Crippen molar-refractivity contribution in [1.82, 2.24) is 5.32 Å². The molecule has 2 N–H and O–H groups in total. The Morgan fingerprint density at radius 3 is 2.46 bits per heavy atom. The van der Waals surface area contributed by atoms with Gasteiger partial charge in [-0.05, 0) is 49.7 Å². The first kappa shape index (κ1) is 20.1. The Bertz CT molecular complexity index is 751. The van der Waals surface area contributed by atoms with E-state index in [0.29, 0.717) is 40.9 Å². The highest BCUT2D eigenvalue weighted by molar-refractivity contribution is 6.32. The Balaban J connectivity index is 1.67. The second-order valence-electron chi connectivity index (χ2n) is 5.64. The van der Waals surface area contributed by atoms with Gasteiger partial charge < -0.3 is 15.4 Å². The van der Waals surface area contributed by atoms with E-state index >= 15 is 0 Å². The molecule has 0 saturated heterocycles. The van der Waals surface area contributed by atoms with E-state index < -0.39 is 6.10 Å². The zero-order valence-electron chi connectivity index (χ0n) is 14.3. The lowest BCUT2D eigenvalue weighted by Crippen LogP contribution is -2.37. The van der Waals surface area contributed by atoms with Gasteiger partial charge in [-0.1, -0.05) is 35.3 Å². The molecule has 1 unspecified atom stereocenters. The topological polar surface area (TPSA) is 67.4 Å². The van der Waals surface area contributed by atoms with Gasteiger partial charge in [-0.3, -0.25) is 9.59 Å². The number of anilines is 1. The van der Waals surface area contributed by atoms with Crippen LogP contribution in [0.4, 0.5) is 5.69 Å². The highest BCUT2D eigenvalue weighted by Crippen LogP contribution is 2.24. The van der Waals surface area contributed by atoms with Crippen LogP contribution in [-0.4, -0.2) is 24.5 Å². The molecule has 0 aromatic heterocycles. The summed E-state index contributed by atoms with van der Waals surface area (Å²) in [4.78, 5) is 23.9. The van der Waals surface area contributed by atoms with Gasteiger partial charge in [-0.2, -0.15) is 0 Å². The molecule has 2 rings (SSSR count). The SMILES string of the molecule is CC(Oc1ccccc1Cl)C(=O)NCCCC(=O)Nc1ccc(Cl)cc1. The molecule has 0 fully saturated rings. The maximum atomic E-state index is 12.0. The van der Waals surface area contributed by atoms with Crippen LogP contribution in [0.2, 0.25) is 10.0 Å². The fraction of sp³-hybridized carbons (Fsp3) is 0.263. The van der Waals surface area contributed by atoms with Crippen LogP contribution in [0.3, 0.4) is 0 Å². The molecule has 5 nitrogen and oxygen atoms in total. The van der Waals surface area contributed by atoms with Gasteiger partial charge in [0.25, 0.3) is 5.91 Å².